The fourth-order valence-electron chi connectivity index (χ4n) is 1.81. The van der Waals surface area contributed by atoms with Crippen LogP contribution in [0.4, 0.5) is 0 Å². The molecule has 0 saturated carbocycles. The van der Waals surface area contributed by atoms with Crippen molar-refractivity contribution in [2.24, 2.45) is 0 Å². The first-order valence-corrected chi connectivity index (χ1v) is 8.13. The predicted octanol–water partition coefficient (Wildman–Crippen LogP) is 3.21. The summed E-state index contributed by atoms with van der Waals surface area (Å²) in [6.07, 6.45) is 5.15. The van der Waals surface area contributed by atoms with E-state index in [4.69, 9.17) is 4.74 Å². The third-order valence-electron chi connectivity index (χ3n) is 3.06. The lowest BCUT2D eigenvalue weighted by Crippen LogP contribution is -2.43. The van der Waals surface area contributed by atoms with Crippen LogP contribution in [0.2, 0.25) is 0 Å². The molecule has 18 heavy (non-hydrogen) atoms. The molecule has 1 atom stereocenters. The normalized spacial score (nSPS) is 14.1. The van der Waals surface area contributed by atoms with Crippen LogP contribution in [-0.4, -0.2) is 37.3 Å². The molecule has 0 bridgehead atoms. The number of nitrogens with zero attached hydrogens (tertiary/aromatic N) is 1. The molecule has 0 aliphatic carbocycles. The highest BCUT2D eigenvalue weighted by atomic mass is 32.2. The van der Waals surface area contributed by atoms with Gasteiger partial charge in [-0.25, -0.2) is 0 Å². The lowest BCUT2D eigenvalue weighted by Gasteiger charge is -2.26. The van der Waals surface area contributed by atoms with Gasteiger partial charge in [0, 0.05) is 13.7 Å². The van der Waals surface area contributed by atoms with Gasteiger partial charge in [0.2, 0.25) is 0 Å². The molecule has 0 spiro atoms. The molecule has 0 aromatic heterocycles. The molecule has 0 aliphatic rings. The molecule has 3 nitrogen and oxygen atoms in total. The molecule has 0 aromatic carbocycles. The molecule has 0 aromatic rings. The molecular weight excluding hydrogens is 244 g/mol. The first-order chi connectivity index (χ1) is 8.74. The summed E-state index contributed by atoms with van der Waals surface area (Å²) in [5.41, 5.74) is -0.302. The molecule has 0 amide bonds. The number of nitrogens with one attached hydrogen (secondary N) is 1. The first-order valence-electron chi connectivity index (χ1n) is 6.97. The molecule has 0 heterocycles. The maximum absolute atomic E-state index is 9.34. The van der Waals surface area contributed by atoms with Crippen molar-refractivity contribution in [3.05, 3.63) is 0 Å². The summed E-state index contributed by atoms with van der Waals surface area (Å²) in [6, 6.07) is 2.47. The number of nitriles is 1. The molecular formula is C14H28N2OS. The zero-order valence-electron chi connectivity index (χ0n) is 12.1. The van der Waals surface area contributed by atoms with Crippen LogP contribution < -0.4 is 5.32 Å². The standard InChI is InChI=1S/C14H28N2OS/c1-4-9-16-14(5-2,13-15)8-6-11-18-12-7-10-17-3/h16H,4-12H2,1-3H3. The SMILES string of the molecule is CCCNC(C#N)(CC)CCCSCCCOC. The molecule has 0 aliphatic heterocycles. The minimum atomic E-state index is -0.302. The van der Waals surface area contributed by atoms with Crippen molar-refractivity contribution in [1.29, 1.82) is 5.26 Å². The molecule has 0 saturated heterocycles. The summed E-state index contributed by atoms with van der Waals surface area (Å²) in [6.45, 7) is 6.01. The van der Waals surface area contributed by atoms with E-state index < -0.39 is 0 Å². The minimum Gasteiger partial charge on any atom is -0.385 e. The van der Waals surface area contributed by atoms with Crippen molar-refractivity contribution < 1.29 is 4.74 Å². The second-order valence-corrected chi connectivity index (χ2v) is 5.76. The van der Waals surface area contributed by atoms with Crippen LogP contribution in [0, 0.1) is 11.3 Å². The quantitative estimate of drug-likeness (QED) is 0.554. The van der Waals surface area contributed by atoms with Crippen LogP contribution in [0.15, 0.2) is 0 Å². The topological polar surface area (TPSA) is 45.0 Å². The monoisotopic (exact) mass is 272 g/mol. The first kappa shape index (κ1) is 17.8. The van der Waals surface area contributed by atoms with Gasteiger partial charge in [-0.2, -0.15) is 17.0 Å². The Morgan fingerprint density at radius 2 is 2.00 bits per heavy atom. The number of rotatable bonds is 12. The summed E-state index contributed by atoms with van der Waals surface area (Å²) in [5, 5.41) is 12.7. The Balaban J connectivity index is 3.74. The van der Waals surface area contributed by atoms with Gasteiger partial charge in [0.05, 0.1) is 6.07 Å². The number of hydrogen-bond acceptors (Lipinski definition) is 4. The summed E-state index contributed by atoms with van der Waals surface area (Å²) in [4.78, 5) is 0. The van der Waals surface area contributed by atoms with Crippen LogP contribution >= 0.6 is 11.8 Å². The molecule has 0 radical (unpaired) electrons. The average molecular weight is 272 g/mol. The van der Waals surface area contributed by atoms with Crippen LogP contribution in [0.1, 0.15) is 46.0 Å². The van der Waals surface area contributed by atoms with Gasteiger partial charge in [0.25, 0.3) is 0 Å². The van der Waals surface area contributed by atoms with Crippen molar-refractivity contribution >= 4 is 11.8 Å². The fourth-order valence-corrected chi connectivity index (χ4v) is 2.69. The van der Waals surface area contributed by atoms with Gasteiger partial charge in [-0.3, -0.25) is 5.32 Å². The molecule has 4 heteroatoms. The zero-order valence-corrected chi connectivity index (χ0v) is 12.9. The molecule has 0 fully saturated rings. The Labute approximate surface area is 117 Å². The Hall–Kier alpha value is -0.240. The van der Waals surface area contributed by atoms with E-state index in [-0.39, 0.29) is 5.54 Å². The van der Waals surface area contributed by atoms with Gasteiger partial charge >= 0.3 is 0 Å². The van der Waals surface area contributed by atoms with E-state index in [1.807, 2.05) is 11.8 Å². The Bertz CT molecular complexity index is 230. The van der Waals surface area contributed by atoms with Crippen LogP contribution in [0.5, 0.6) is 0 Å². The third-order valence-corrected chi connectivity index (χ3v) is 4.22. The second kappa shape index (κ2) is 11.8. The third kappa shape index (κ3) is 7.97. The number of ether oxygens (including phenoxy) is 1. The number of thioether (sulfide) groups is 1. The lowest BCUT2D eigenvalue weighted by atomic mass is 9.92. The summed E-state index contributed by atoms with van der Waals surface area (Å²) >= 11 is 1.96. The second-order valence-electron chi connectivity index (χ2n) is 4.54. The zero-order chi connectivity index (χ0) is 13.7. The Kier molecular flexibility index (Phi) is 11.7. The smallest absolute Gasteiger partial charge is 0.106 e. The van der Waals surface area contributed by atoms with Crippen molar-refractivity contribution in [3.8, 4) is 6.07 Å². The van der Waals surface area contributed by atoms with Crippen molar-refractivity contribution in [2.45, 2.75) is 51.5 Å². The van der Waals surface area contributed by atoms with Crippen molar-refractivity contribution in [2.75, 3.05) is 31.8 Å². The maximum Gasteiger partial charge on any atom is 0.106 e. The number of methoxy groups -OCH3 is 1. The van der Waals surface area contributed by atoms with E-state index >= 15 is 0 Å². The highest BCUT2D eigenvalue weighted by Crippen LogP contribution is 2.18. The van der Waals surface area contributed by atoms with Gasteiger partial charge in [-0.1, -0.05) is 13.8 Å². The molecule has 106 valence electrons. The Morgan fingerprint density at radius 1 is 1.28 bits per heavy atom. The summed E-state index contributed by atoms with van der Waals surface area (Å²) in [5.74, 6) is 2.29. The van der Waals surface area contributed by atoms with Crippen LogP contribution in [-0.2, 0) is 4.74 Å². The van der Waals surface area contributed by atoms with Gasteiger partial charge in [0.1, 0.15) is 5.54 Å². The number of hydrogen-bond donors (Lipinski definition) is 1. The highest BCUT2D eigenvalue weighted by Gasteiger charge is 2.25. The summed E-state index contributed by atoms with van der Waals surface area (Å²) < 4.78 is 5.02. The van der Waals surface area contributed by atoms with Crippen LogP contribution in [0.25, 0.3) is 0 Å². The molecule has 1 N–H and O–H groups in total. The highest BCUT2D eigenvalue weighted by molar-refractivity contribution is 7.99. The average Bonchev–Trinajstić information content (AvgIpc) is 2.42. The Morgan fingerprint density at radius 3 is 2.56 bits per heavy atom. The van der Waals surface area contributed by atoms with E-state index in [1.54, 1.807) is 7.11 Å². The predicted molar refractivity (Wildman–Crippen MR) is 80.0 cm³/mol. The van der Waals surface area contributed by atoms with E-state index in [1.165, 1.54) is 0 Å². The van der Waals surface area contributed by atoms with Gasteiger partial charge in [-0.05, 0) is 50.2 Å². The molecule has 1 unspecified atom stereocenters. The fraction of sp³-hybridized carbons (Fsp3) is 0.929. The van der Waals surface area contributed by atoms with Gasteiger partial charge < -0.3 is 4.74 Å². The van der Waals surface area contributed by atoms with E-state index in [9.17, 15) is 5.26 Å². The van der Waals surface area contributed by atoms with Crippen molar-refractivity contribution in [3.63, 3.8) is 0 Å². The van der Waals surface area contributed by atoms with Gasteiger partial charge in [-0.15, -0.1) is 0 Å². The van der Waals surface area contributed by atoms with Gasteiger partial charge in [0.15, 0.2) is 0 Å². The maximum atomic E-state index is 9.34. The molecule has 0 rings (SSSR count). The van der Waals surface area contributed by atoms with E-state index in [0.717, 1.165) is 56.8 Å². The summed E-state index contributed by atoms with van der Waals surface area (Å²) in [7, 11) is 1.74. The van der Waals surface area contributed by atoms with E-state index in [2.05, 4.69) is 25.2 Å². The van der Waals surface area contributed by atoms with Crippen molar-refractivity contribution in [1.82, 2.24) is 5.32 Å². The van der Waals surface area contributed by atoms with Crippen LogP contribution in [0.3, 0.4) is 0 Å². The minimum absolute atomic E-state index is 0.302. The largest absolute Gasteiger partial charge is 0.385 e. The lowest BCUT2D eigenvalue weighted by molar-refractivity contribution is 0.200. The van der Waals surface area contributed by atoms with E-state index in [0.29, 0.717) is 0 Å².